The van der Waals surface area contributed by atoms with Gasteiger partial charge in [0.15, 0.2) is 5.96 Å². The van der Waals surface area contributed by atoms with E-state index < -0.39 is 0 Å². The monoisotopic (exact) mass is 375 g/mol. The molecule has 150 valence electrons. The predicted molar refractivity (Wildman–Crippen MR) is 110 cm³/mol. The maximum atomic E-state index is 12.3. The Morgan fingerprint density at radius 1 is 1.04 bits per heavy atom. The van der Waals surface area contributed by atoms with Gasteiger partial charge in [0.2, 0.25) is 5.91 Å². The molecule has 7 nitrogen and oxygen atoms in total. The van der Waals surface area contributed by atoms with Gasteiger partial charge in [0, 0.05) is 37.8 Å². The summed E-state index contributed by atoms with van der Waals surface area (Å²) < 4.78 is 0. The van der Waals surface area contributed by atoms with Crippen molar-refractivity contribution in [1.29, 1.82) is 0 Å². The van der Waals surface area contributed by atoms with E-state index in [1.807, 2.05) is 58.9 Å². The average Bonchev–Trinajstić information content (AvgIpc) is 2.61. The Morgan fingerprint density at radius 2 is 1.63 bits per heavy atom. The smallest absolute Gasteiger partial charge is 0.253 e. The number of rotatable bonds is 7. The van der Waals surface area contributed by atoms with E-state index in [9.17, 15) is 9.59 Å². The Hall–Kier alpha value is -2.57. The zero-order valence-corrected chi connectivity index (χ0v) is 17.3. The van der Waals surface area contributed by atoms with Crippen LogP contribution in [-0.2, 0) is 11.3 Å². The largest absolute Gasteiger partial charge is 0.352 e. The van der Waals surface area contributed by atoms with E-state index in [-0.39, 0.29) is 23.9 Å². The molecule has 3 N–H and O–H groups in total. The summed E-state index contributed by atoms with van der Waals surface area (Å²) in [7, 11) is 1.66. The van der Waals surface area contributed by atoms with E-state index in [0.717, 1.165) is 5.56 Å². The molecule has 0 unspecified atom stereocenters. The Balaban J connectivity index is 2.54. The van der Waals surface area contributed by atoms with Gasteiger partial charge in [-0.1, -0.05) is 12.1 Å². The highest BCUT2D eigenvalue weighted by molar-refractivity contribution is 5.94. The van der Waals surface area contributed by atoms with E-state index in [2.05, 4.69) is 20.9 Å². The molecule has 7 heteroatoms. The second-order valence-electron chi connectivity index (χ2n) is 7.25. The molecule has 1 rings (SSSR count). The van der Waals surface area contributed by atoms with Crippen LogP contribution < -0.4 is 16.0 Å². The van der Waals surface area contributed by atoms with Gasteiger partial charge in [-0.05, 0) is 52.3 Å². The lowest BCUT2D eigenvalue weighted by Gasteiger charge is -2.21. The van der Waals surface area contributed by atoms with Crippen LogP contribution in [0.25, 0.3) is 0 Å². The van der Waals surface area contributed by atoms with E-state index >= 15 is 0 Å². The Morgan fingerprint density at radius 3 is 2.11 bits per heavy atom. The minimum Gasteiger partial charge on any atom is -0.352 e. The highest BCUT2D eigenvalue weighted by atomic mass is 16.2. The third-order valence-corrected chi connectivity index (χ3v) is 3.87. The molecule has 0 aromatic heterocycles. The van der Waals surface area contributed by atoms with E-state index in [0.29, 0.717) is 31.2 Å². The fourth-order valence-electron chi connectivity index (χ4n) is 2.49. The number of benzene rings is 1. The Bertz CT molecular complexity index is 643. The molecule has 27 heavy (non-hydrogen) atoms. The van der Waals surface area contributed by atoms with Crippen molar-refractivity contribution in [3.63, 3.8) is 0 Å². The van der Waals surface area contributed by atoms with Crippen molar-refractivity contribution in [3.05, 3.63) is 35.4 Å². The summed E-state index contributed by atoms with van der Waals surface area (Å²) in [6.07, 6.45) is 0. The first-order valence-electron chi connectivity index (χ1n) is 9.33. The minimum atomic E-state index is -0.264. The Labute approximate surface area is 162 Å². The molecule has 0 heterocycles. The highest BCUT2D eigenvalue weighted by Gasteiger charge is 2.14. The van der Waals surface area contributed by atoms with Gasteiger partial charge in [-0.25, -0.2) is 0 Å². The zero-order valence-electron chi connectivity index (χ0n) is 17.3. The molecule has 1 aromatic carbocycles. The number of carbonyl (C=O) groups is 2. The van der Waals surface area contributed by atoms with Crippen LogP contribution in [0.2, 0.25) is 0 Å². The standard InChI is InChI=1S/C20H33N5O2/c1-7-25(8-2)18(27)16-11-9-15(10-12-16)13-22-19(21-6)23-14-17(26)24-20(3,4)5/h9-12H,7-8,13-14H2,1-6H3,(H,24,26)(H2,21,22,23). The van der Waals surface area contributed by atoms with Crippen LogP contribution in [0.15, 0.2) is 29.3 Å². The molecule has 0 saturated carbocycles. The number of aliphatic imine (C=N–C) groups is 1. The van der Waals surface area contributed by atoms with Crippen LogP contribution in [-0.4, -0.2) is 54.9 Å². The quantitative estimate of drug-likeness (QED) is 0.501. The van der Waals surface area contributed by atoms with Crippen molar-refractivity contribution in [2.75, 3.05) is 26.7 Å². The SMILES string of the molecule is CCN(CC)C(=O)c1ccc(CNC(=NC)NCC(=O)NC(C)(C)C)cc1. The molecule has 0 radical (unpaired) electrons. The van der Waals surface area contributed by atoms with Gasteiger partial charge < -0.3 is 20.9 Å². The molecule has 0 spiro atoms. The maximum Gasteiger partial charge on any atom is 0.253 e. The second kappa shape index (κ2) is 10.5. The van der Waals surface area contributed by atoms with Gasteiger partial charge in [0.25, 0.3) is 5.91 Å². The van der Waals surface area contributed by atoms with Crippen molar-refractivity contribution >= 4 is 17.8 Å². The molecule has 0 bridgehead atoms. The van der Waals surface area contributed by atoms with Crippen molar-refractivity contribution in [2.45, 2.75) is 46.7 Å². The summed E-state index contributed by atoms with van der Waals surface area (Å²) in [5, 5.41) is 9.04. The second-order valence-corrected chi connectivity index (χ2v) is 7.25. The summed E-state index contributed by atoms with van der Waals surface area (Å²) in [5.74, 6) is 0.494. The van der Waals surface area contributed by atoms with Crippen LogP contribution in [0.1, 0.15) is 50.5 Å². The summed E-state index contributed by atoms with van der Waals surface area (Å²) in [5.41, 5.74) is 1.44. The number of carbonyl (C=O) groups excluding carboxylic acids is 2. The first kappa shape index (κ1) is 22.5. The molecule has 2 amide bonds. The van der Waals surface area contributed by atoms with Gasteiger partial charge >= 0.3 is 0 Å². The molecular formula is C20H33N5O2. The van der Waals surface area contributed by atoms with Crippen molar-refractivity contribution in [3.8, 4) is 0 Å². The van der Waals surface area contributed by atoms with Gasteiger partial charge in [-0.2, -0.15) is 0 Å². The third kappa shape index (κ3) is 8.11. The summed E-state index contributed by atoms with van der Waals surface area (Å²) in [6.45, 7) is 11.8. The molecule has 0 aliphatic heterocycles. The van der Waals surface area contributed by atoms with E-state index in [1.165, 1.54) is 0 Å². The molecule has 0 aliphatic carbocycles. The summed E-state index contributed by atoms with van der Waals surface area (Å²) in [4.78, 5) is 30.1. The van der Waals surface area contributed by atoms with E-state index in [1.54, 1.807) is 11.9 Å². The lowest BCUT2D eigenvalue weighted by molar-refractivity contribution is -0.121. The van der Waals surface area contributed by atoms with Crippen LogP contribution in [0, 0.1) is 0 Å². The lowest BCUT2D eigenvalue weighted by atomic mass is 10.1. The van der Waals surface area contributed by atoms with Crippen molar-refractivity contribution < 1.29 is 9.59 Å². The number of nitrogens with zero attached hydrogens (tertiary/aromatic N) is 2. The number of guanidine groups is 1. The molecule has 0 saturated heterocycles. The molecule has 0 atom stereocenters. The fourth-order valence-corrected chi connectivity index (χ4v) is 2.49. The first-order valence-corrected chi connectivity index (χ1v) is 9.33. The molecule has 0 aliphatic rings. The number of amides is 2. The predicted octanol–water partition coefficient (Wildman–Crippen LogP) is 1.75. The normalized spacial score (nSPS) is 11.7. The van der Waals surface area contributed by atoms with Crippen LogP contribution in [0.4, 0.5) is 0 Å². The van der Waals surface area contributed by atoms with E-state index in [4.69, 9.17) is 0 Å². The molecule has 0 fully saturated rings. The van der Waals surface area contributed by atoms with Gasteiger partial charge in [0.1, 0.15) is 0 Å². The molecule has 1 aromatic rings. The number of hydrogen-bond acceptors (Lipinski definition) is 3. The van der Waals surface area contributed by atoms with Crippen LogP contribution in [0.3, 0.4) is 0 Å². The zero-order chi connectivity index (χ0) is 20.4. The number of hydrogen-bond donors (Lipinski definition) is 3. The fraction of sp³-hybridized carbons (Fsp3) is 0.550. The minimum absolute atomic E-state index is 0.0434. The molecular weight excluding hydrogens is 342 g/mol. The lowest BCUT2D eigenvalue weighted by Crippen LogP contribution is -2.48. The third-order valence-electron chi connectivity index (χ3n) is 3.87. The van der Waals surface area contributed by atoms with Gasteiger partial charge in [-0.15, -0.1) is 0 Å². The van der Waals surface area contributed by atoms with Crippen molar-refractivity contribution in [2.24, 2.45) is 4.99 Å². The summed E-state index contributed by atoms with van der Waals surface area (Å²) >= 11 is 0. The Kier molecular flexibility index (Phi) is 8.78. The maximum absolute atomic E-state index is 12.3. The summed E-state index contributed by atoms with van der Waals surface area (Å²) in [6, 6.07) is 7.52. The van der Waals surface area contributed by atoms with Crippen LogP contribution in [0.5, 0.6) is 0 Å². The highest BCUT2D eigenvalue weighted by Crippen LogP contribution is 2.08. The topological polar surface area (TPSA) is 85.8 Å². The van der Waals surface area contributed by atoms with Crippen molar-refractivity contribution in [1.82, 2.24) is 20.9 Å². The number of nitrogens with one attached hydrogen (secondary N) is 3. The first-order chi connectivity index (χ1) is 12.7. The van der Waals surface area contributed by atoms with Crippen LogP contribution >= 0.6 is 0 Å². The van der Waals surface area contributed by atoms with Gasteiger partial charge in [-0.3, -0.25) is 14.6 Å². The average molecular weight is 376 g/mol. The van der Waals surface area contributed by atoms with Gasteiger partial charge in [0.05, 0.1) is 6.54 Å².